The van der Waals surface area contributed by atoms with Crippen LogP contribution in [0.2, 0.25) is 5.02 Å². The van der Waals surface area contributed by atoms with Crippen LogP contribution in [-0.4, -0.2) is 48.4 Å². The minimum atomic E-state index is -0.212. The fourth-order valence-electron chi connectivity index (χ4n) is 4.46. The van der Waals surface area contributed by atoms with Crippen molar-refractivity contribution in [1.82, 2.24) is 15.3 Å². The summed E-state index contributed by atoms with van der Waals surface area (Å²) >= 11 is 6.50. The van der Waals surface area contributed by atoms with Crippen molar-refractivity contribution in [2.75, 3.05) is 26.0 Å². The van der Waals surface area contributed by atoms with Crippen molar-refractivity contribution in [2.45, 2.75) is 58.4 Å². The Kier molecular flexibility index (Phi) is 9.41. The maximum absolute atomic E-state index is 13.3. The van der Waals surface area contributed by atoms with Gasteiger partial charge in [0.2, 0.25) is 0 Å². The van der Waals surface area contributed by atoms with Crippen molar-refractivity contribution >= 4 is 29.4 Å². The van der Waals surface area contributed by atoms with E-state index in [9.17, 15) is 4.79 Å². The molecule has 1 aliphatic carbocycles. The predicted molar refractivity (Wildman–Crippen MR) is 156 cm³/mol. The molecule has 1 unspecified atom stereocenters. The number of benzene rings is 1. The minimum absolute atomic E-state index is 0.0146. The van der Waals surface area contributed by atoms with E-state index in [1.165, 1.54) is 0 Å². The molecule has 0 aliphatic heterocycles. The fourth-order valence-corrected chi connectivity index (χ4v) is 4.67. The molecular formula is C30H36ClN5O3. The molecule has 1 atom stereocenters. The average molecular weight is 550 g/mol. The van der Waals surface area contributed by atoms with E-state index in [1.54, 1.807) is 37.9 Å². The molecule has 9 heteroatoms. The lowest BCUT2D eigenvalue weighted by Crippen LogP contribution is -2.29. The molecule has 4 rings (SSSR count). The van der Waals surface area contributed by atoms with Gasteiger partial charge in [-0.2, -0.15) is 0 Å². The first kappa shape index (κ1) is 28.4. The van der Waals surface area contributed by atoms with E-state index in [0.717, 1.165) is 42.5 Å². The first-order chi connectivity index (χ1) is 18.9. The molecule has 1 amide bonds. The van der Waals surface area contributed by atoms with Crippen LogP contribution >= 0.6 is 11.6 Å². The summed E-state index contributed by atoms with van der Waals surface area (Å²) in [7, 11) is 1.54. The number of aryl methyl sites for hydroxylation is 1. The number of carbonyl (C=O) groups excluding carboxylic acids is 1. The normalized spacial score (nSPS) is 13.9. The summed E-state index contributed by atoms with van der Waals surface area (Å²) in [5, 5.41) is 3.60. The highest BCUT2D eigenvalue weighted by Gasteiger charge is 2.22. The van der Waals surface area contributed by atoms with Crippen LogP contribution in [0.4, 0.5) is 5.69 Å². The number of carbonyl (C=O) groups is 1. The van der Waals surface area contributed by atoms with Crippen LogP contribution in [0, 0.1) is 6.92 Å². The predicted octanol–water partition coefficient (Wildman–Crippen LogP) is 5.99. The Bertz CT molecular complexity index is 1360. The SMILES string of the molecule is CCCC(CNC(=O)c1cc(C=NC2CC2)c(N)c(OC)c1)c1cc(C)c(OCC)c(-c2ccncc2Cl)n1. The zero-order valence-corrected chi connectivity index (χ0v) is 23.7. The summed E-state index contributed by atoms with van der Waals surface area (Å²) in [6, 6.07) is 7.65. The van der Waals surface area contributed by atoms with E-state index in [4.69, 9.17) is 31.8 Å². The number of anilines is 1. The molecule has 0 bridgehead atoms. The number of pyridine rings is 2. The lowest BCUT2D eigenvalue weighted by molar-refractivity contribution is 0.0950. The quantitative estimate of drug-likeness (QED) is 0.212. The number of nitrogen functional groups attached to an aromatic ring is 1. The zero-order chi connectivity index (χ0) is 27.9. The molecule has 1 saturated carbocycles. The lowest BCUT2D eigenvalue weighted by atomic mass is 9.96. The van der Waals surface area contributed by atoms with E-state index >= 15 is 0 Å². The first-order valence-electron chi connectivity index (χ1n) is 13.4. The number of rotatable bonds is 12. The van der Waals surface area contributed by atoms with Gasteiger partial charge in [0.1, 0.15) is 17.2 Å². The van der Waals surface area contributed by atoms with Gasteiger partial charge in [0.25, 0.3) is 5.91 Å². The van der Waals surface area contributed by atoms with Crippen LogP contribution in [0.1, 0.15) is 72.6 Å². The second-order valence-corrected chi connectivity index (χ2v) is 10.1. The Morgan fingerprint density at radius 3 is 2.77 bits per heavy atom. The number of halogens is 1. The summed E-state index contributed by atoms with van der Waals surface area (Å²) in [5.74, 6) is 0.922. The van der Waals surface area contributed by atoms with E-state index in [1.807, 2.05) is 26.0 Å². The molecule has 206 valence electrons. The van der Waals surface area contributed by atoms with Gasteiger partial charge in [0.15, 0.2) is 0 Å². The van der Waals surface area contributed by atoms with Crippen LogP contribution in [0.3, 0.4) is 0 Å². The number of hydrogen-bond donors (Lipinski definition) is 2. The molecule has 8 nitrogen and oxygen atoms in total. The number of methoxy groups -OCH3 is 1. The molecule has 2 aromatic heterocycles. The van der Waals surface area contributed by atoms with Crippen molar-refractivity contribution < 1.29 is 14.3 Å². The summed E-state index contributed by atoms with van der Waals surface area (Å²) < 4.78 is 11.4. The molecule has 2 heterocycles. The third-order valence-corrected chi connectivity index (χ3v) is 6.99. The van der Waals surface area contributed by atoms with Crippen LogP contribution < -0.4 is 20.5 Å². The fraction of sp³-hybridized carbons (Fsp3) is 0.400. The molecule has 39 heavy (non-hydrogen) atoms. The number of nitrogens with two attached hydrogens (primary N) is 1. The summed E-state index contributed by atoms with van der Waals surface area (Å²) in [4.78, 5) is 26.9. The van der Waals surface area contributed by atoms with Crippen molar-refractivity contribution in [1.29, 1.82) is 0 Å². The Balaban J connectivity index is 1.61. The second-order valence-electron chi connectivity index (χ2n) is 9.72. The van der Waals surface area contributed by atoms with E-state index in [0.29, 0.717) is 58.2 Å². The number of aliphatic imine (C=N–C) groups is 1. The minimum Gasteiger partial charge on any atom is -0.495 e. The van der Waals surface area contributed by atoms with Crippen LogP contribution in [0.15, 0.2) is 41.7 Å². The zero-order valence-electron chi connectivity index (χ0n) is 23.0. The van der Waals surface area contributed by atoms with Gasteiger partial charge in [-0.05, 0) is 62.9 Å². The smallest absolute Gasteiger partial charge is 0.251 e. The Morgan fingerprint density at radius 2 is 2.10 bits per heavy atom. The van der Waals surface area contributed by atoms with Gasteiger partial charge in [-0.15, -0.1) is 0 Å². The van der Waals surface area contributed by atoms with Gasteiger partial charge < -0.3 is 20.5 Å². The average Bonchev–Trinajstić information content (AvgIpc) is 3.76. The number of nitrogens with zero attached hydrogens (tertiary/aromatic N) is 3. The molecule has 1 aromatic carbocycles. The van der Waals surface area contributed by atoms with Crippen LogP contribution in [0.5, 0.6) is 11.5 Å². The van der Waals surface area contributed by atoms with Gasteiger partial charge in [0.05, 0.1) is 30.5 Å². The van der Waals surface area contributed by atoms with Gasteiger partial charge in [-0.25, -0.2) is 4.98 Å². The van der Waals surface area contributed by atoms with Crippen LogP contribution in [-0.2, 0) is 0 Å². The summed E-state index contributed by atoms with van der Waals surface area (Å²) in [6.45, 7) is 6.98. The largest absolute Gasteiger partial charge is 0.495 e. The number of hydrogen-bond acceptors (Lipinski definition) is 7. The van der Waals surface area contributed by atoms with E-state index < -0.39 is 0 Å². The lowest BCUT2D eigenvalue weighted by Gasteiger charge is -2.21. The highest BCUT2D eigenvalue weighted by Crippen LogP contribution is 2.37. The summed E-state index contributed by atoms with van der Waals surface area (Å²) in [5.41, 5.74) is 11.1. The van der Waals surface area contributed by atoms with Gasteiger partial charge >= 0.3 is 0 Å². The number of aromatic nitrogens is 2. The van der Waals surface area contributed by atoms with Crippen molar-refractivity contribution in [2.24, 2.45) is 4.99 Å². The van der Waals surface area contributed by atoms with Gasteiger partial charge in [0, 0.05) is 53.5 Å². The molecule has 3 N–H and O–H groups in total. The van der Waals surface area contributed by atoms with Crippen molar-refractivity contribution in [3.05, 3.63) is 64.1 Å². The van der Waals surface area contributed by atoms with E-state index in [-0.39, 0.29) is 11.8 Å². The molecule has 0 saturated heterocycles. The highest BCUT2D eigenvalue weighted by atomic mass is 35.5. The number of ether oxygens (including phenoxy) is 2. The third-order valence-electron chi connectivity index (χ3n) is 6.69. The van der Waals surface area contributed by atoms with Crippen LogP contribution in [0.25, 0.3) is 11.3 Å². The topological polar surface area (TPSA) is 112 Å². The monoisotopic (exact) mass is 549 g/mol. The Morgan fingerprint density at radius 1 is 1.31 bits per heavy atom. The Hall–Kier alpha value is -3.65. The molecule has 1 aliphatic rings. The Labute approximate surface area is 235 Å². The van der Waals surface area contributed by atoms with Gasteiger partial charge in [-0.3, -0.25) is 14.8 Å². The maximum atomic E-state index is 13.3. The third kappa shape index (κ3) is 6.87. The molecule has 3 aromatic rings. The van der Waals surface area contributed by atoms with Crippen molar-refractivity contribution in [3.63, 3.8) is 0 Å². The summed E-state index contributed by atoms with van der Waals surface area (Å²) in [6.07, 6.45) is 8.97. The first-order valence-corrected chi connectivity index (χ1v) is 13.8. The molecule has 1 fully saturated rings. The maximum Gasteiger partial charge on any atom is 0.251 e. The van der Waals surface area contributed by atoms with Crippen molar-refractivity contribution in [3.8, 4) is 22.8 Å². The number of amides is 1. The standard InChI is InChI=1S/C30H36ClN5O3/c1-5-7-19(25-12-18(3)29(39-6-2)28(36-25)23-10-11-33-17-24(23)31)15-35-30(37)20-13-21(16-34-22-8-9-22)27(32)26(14-20)38-4/h10-14,16-17,19,22H,5-9,15,32H2,1-4H3,(H,35,37). The number of nitrogens with one attached hydrogen (secondary N) is 1. The molecular weight excluding hydrogens is 514 g/mol. The van der Waals surface area contributed by atoms with E-state index in [2.05, 4.69) is 22.2 Å². The second kappa shape index (κ2) is 12.9. The highest BCUT2D eigenvalue weighted by molar-refractivity contribution is 6.33. The van der Waals surface area contributed by atoms with Gasteiger partial charge in [-0.1, -0.05) is 24.9 Å². The molecule has 0 radical (unpaired) electrons. The molecule has 0 spiro atoms.